The Kier molecular flexibility index (Phi) is 20.3. The first-order valence-electron chi connectivity index (χ1n) is 8.94. The van der Waals surface area contributed by atoms with Crippen molar-refractivity contribution in [3.63, 3.8) is 0 Å². The summed E-state index contributed by atoms with van der Waals surface area (Å²) in [5, 5.41) is 7.95. The quantitative estimate of drug-likeness (QED) is 0.0338. The van der Waals surface area contributed by atoms with Crippen LogP contribution in [0.3, 0.4) is 0 Å². The van der Waals surface area contributed by atoms with E-state index in [2.05, 4.69) is 31.5 Å². The van der Waals surface area contributed by atoms with Crippen LogP contribution in [0.5, 0.6) is 0 Å². The maximum absolute atomic E-state index is 12.8. The second-order valence-electron chi connectivity index (χ2n) is 6.30. The summed E-state index contributed by atoms with van der Waals surface area (Å²) in [7, 11) is -7.93. The molecule has 0 aliphatic heterocycles. The molecule has 54 heavy (non-hydrogen) atoms. The fourth-order valence-corrected chi connectivity index (χ4v) is 60.7. The molecule has 0 unspecified atom stereocenters. The van der Waals surface area contributed by atoms with Gasteiger partial charge in [0.15, 0.2) is 0 Å². The van der Waals surface area contributed by atoms with Crippen molar-refractivity contribution in [3.8, 4) is 0 Å². The zero-order chi connectivity index (χ0) is 43.7. The van der Waals surface area contributed by atoms with Gasteiger partial charge < -0.3 is 0 Å². The first-order chi connectivity index (χ1) is 23.0. The standard InChI is InChI=1S/12Mo.H3O4P.H2O2.2H2O.33O/c;;;;;;;;;;;;1-5(2,3)4;1-2;;;;;;;;;;;;;;;;;;;;;;;;;;;;;;;;;;;/h;;;;;;;;;;;;(H3,1,2,3,4);1-2H;2*1H2;;;;;;;;;;;;;;;;;;;;;;;;;;;;;;;;;/q;;;;;;6*+1;;;;;;;;;;;;;;;;;;;;;;;;;;;;;;;;;;;;;/p-6. The Morgan fingerprint density at radius 2 is 0.444 bits per heavy atom. The molecule has 0 amide bonds. The van der Waals surface area contributed by atoms with Gasteiger partial charge in [0.1, 0.15) is 0 Å². The Morgan fingerprint density at radius 1 is 0.278 bits per heavy atom. The zero-order valence-electron chi connectivity index (χ0n) is 22.2. The van der Waals surface area contributed by atoms with Gasteiger partial charge in [-0.2, -0.15) is 0 Å². The minimum absolute atomic E-state index is 2.53. The molecule has 0 aliphatic rings. The first kappa shape index (κ1) is 57.0. The van der Waals surface area contributed by atoms with E-state index in [0.717, 1.165) is 0 Å². The van der Waals surface area contributed by atoms with Crippen LogP contribution >= 0.6 is 7.82 Å². The molecule has 0 radical (unpaired) electrons. The number of hydrogen-bond donors (Lipinski definition) is 3. The van der Waals surface area contributed by atoms with Gasteiger partial charge in [-0.05, 0) is 0 Å². The molecule has 0 fully saturated rings. The van der Waals surface area contributed by atoms with Crippen molar-refractivity contribution in [3.05, 3.63) is 0 Å². The van der Waals surface area contributed by atoms with Gasteiger partial charge in [0.2, 0.25) is 0 Å². The molecular weight excluding hydrogens is 1840 g/mol. The van der Waals surface area contributed by atoms with E-state index >= 15 is 0 Å². The van der Waals surface area contributed by atoms with Crippen LogP contribution < -0.4 is 0 Å². The molecule has 0 atom stereocenters. The van der Waals surface area contributed by atoms with Gasteiger partial charge in [0.25, 0.3) is 0 Å². The number of hydrogen-bond acceptors (Lipinski definition) is 39. The zero-order valence-corrected chi connectivity index (χ0v) is 47.2. The Balaban J connectivity index is 7.02. The third kappa shape index (κ3) is 26.4. The third-order valence-corrected chi connectivity index (χ3v) is 62.9. The van der Waals surface area contributed by atoms with Crippen LogP contribution in [-0.2, 0) is 319 Å². The molecule has 41 nitrogen and oxygen atoms in total. The predicted octanol–water partition coefficient (Wildman–Crippen LogP) is -4.13. The Bertz CT molecular complexity index is 2710. The summed E-state index contributed by atoms with van der Waals surface area (Å²) in [5.41, 5.74) is 0. The second kappa shape index (κ2) is 19.2. The Hall–Kier alpha value is 3.05. The fraction of sp³-hybridized carbons (Fsp3) is 0. The van der Waals surface area contributed by atoms with E-state index in [-0.39, 0.29) is 0 Å². The molecular formula is H3Mo12O41P. The molecule has 0 spiro atoms. The van der Waals surface area contributed by atoms with E-state index in [0.29, 0.717) is 0 Å². The van der Waals surface area contributed by atoms with E-state index in [9.17, 15) is 86.1 Å². The van der Waals surface area contributed by atoms with E-state index in [1.807, 2.05) is 0 Å². The van der Waals surface area contributed by atoms with Crippen LogP contribution in [0.15, 0.2) is 0 Å². The average molecular weight is 1840 g/mol. The van der Waals surface area contributed by atoms with Gasteiger partial charge in [-0.25, -0.2) is 0 Å². The molecule has 0 bridgehead atoms. The van der Waals surface area contributed by atoms with Gasteiger partial charge in [-0.3, -0.25) is 0 Å². The first-order valence-corrected chi connectivity index (χ1v) is 49.9. The van der Waals surface area contributed by atoms with Crippen molar-refractivity contribution < 1.29 is 331 Å². The number of rotatable bonds is 25. The van der Waals surface area contributed by atoms with E-state index in [4.69, 9.17) is 12.8 Å². The van der Waals surface area contributed by atoms with Crippen molar-refractivity contribution >= 4 is 7.82 Å². The van der Waals surface area contributed by atoms with Crippen LogP contribution in [-0.4, -0.2) is 12.8 Å². The fourth-order valence-electron chi connectivity index (χ4n) is 1.42. The minimum atomic E-state index is -8.82. The Morgan fingerprint density at radius 3 is 0.630 bits per heavy atom. The van der Waals surface area contributed by atoms with Gasteiger partial charge in [0.05, 0.1) is 0 Å². The topological polar surface area (TPSA) is 607 Å². The molecule has 3 N–H and O–H groups in total. The molecule has 326 valence electrons. The van der Waals surface area contributed by atoms with E-state index < -0.39 is 209 Å². The predicted molar refractivity (Wildman–Crippen MR) is 45.3 cm³/mol. The van der Waals surface area contributed by atoms with Gasteiger partial charge >= 0.3 is 339 Å². The summed E-state index contributed by atoms with van der Waals surface area (Å²) >= 11 is -97.6. The summed E-state index contributed by atoms with van der Waals surface area (Å²) in [5.74, 6) is 0. The SMILES string of the molecule is O=P([O][Mo](=[O])(=[O])[O][Mo](=[O])(=[O])[O][Mo](=[O])(=[O])[O][Mo](=[O])(=[O])[OH])([O][Mo](=[O])(=[O])[O][Mo](=[O])(=[O])[O][Mo](=[O])(=[O])[O][Mo](=[O])(=[O])[OH])[O][Mo](=[O])(=[O])[O][Mo](=[O])(=[O])[O][Mo](=[O])(=[O])[O][Mo](=[O])(=[O])[O]O. The molecule has 0 saturated heterocycles. The van der Waals surface area contributed by atoms with E-state index in [1.165, 1.54) is 0 Å². The van der Waals surface area contributed by atoms with E-state index in [1.54, 1.807) is 0 Å². The van der Waals surface area contributed by atoms with Crippen molar-refractivity contribution in [2.24, 2.45) is 0 Å². The summed E-state index contributed by atoms with van der Waals surface area (Å²) in [4.78, 5) is 0. The summed E-state index contributed by atoms with van der Waals surface area (Å²) in [6.45, 7) is 0. The maximum atomic E-state index is 12.8. The molecule has 0 aliphatic carbocycles. The van der Waals surface area contributed by atoms with Gasteiger partial charge in [-0.15, -0.1) is 0 Å². The molecule has 0 aromatic heterocycles. The average Bonchev–Trinajstić information content (AvgIpc) is 2.66. The molecule has 0 saturated carbocycles. The van der Waals surface area contributed by atoms with Crippen molar-refractivity contribution in [1.29, 1.82) is 0 Å². The van der Waals surface area contributed by atoms with Crippen LogP contribution in [0.1, 0.15) is 0 Å². The van der Waals surface area contributed by atoms with Crippen LogP contribution in [0.25, 0.3) is 0 Å². The number of phosphoric acid groups is 1. The van der Waals surface area contributed by atoms with Gasteiger partial charge in [-0.1, -0.05) is 0 Å². The van der Waals surface area contributed by atoms with Gasteiger partial charge in [0, 0.05) is 0 Å². The van der Waals surface area contributed by atoms with Crippen LogP contribution in [0.2, 0.25) is 0 Å². The van der Waals surface area contributed by atoms with Crippen LogP contribution in [0, 0.1) is 0 Å². The molecule has 54 heteroatoms. The third-order valence-electron chi connectivity index (χ3n) is 2.14. The summed E-state index contributed by atoms with van der Waals surface area (Å²) in [6, 6.07) is 0. The van der Waals surface area contributed by atoms with Crippen molar-refractivity contribution in [2.45, 2.75) is 0 Å². The molecule has 0 aromatic carbocycles. The monoisotopic (exact) mass is 1860 g/mol. The Labute approximate surface area is 332 Å². The van der Waals surface area contributed by atoms with Crippen molar-refractivity contribution in [2.75, 3.05) is 0 Å². The molecule has 0 heterocycles. The molecule has 0 rings (SSSR count). The summed E-state index contributed by atoms with van der Waals surface area (Å²) < 4.78 is 343. The molecule has 0 aromatic rings. The second-order valence-corrected chi connectivity index (χ2v) is 56.4. The summed E-state index contributed by atoms with van der Waals surface area (Å²) in [6.07, 6.45) is 0. The van der Waals surface area contributed by atoms with Crippen molar-refractivity contribution in [1.82, 2.24) is 0 Å². The normalized spacial score (nSPS) is 15.5. The van der Waals surface area contributed by atoms with Crippen LogP contribution in [0.4, 0.5) is 0 Å².